The summed E-state index contributed by atoms with van der Waals surface area (Å²) in [6, 6.07) is 9.63. The molecule has 0 aliphatic carbocycles. The first-order valence-corrected chi connectivity index (χ1v) is 9.00. The monoisotopic (exact) mass is 375 g/mol. The molecule has 3 heterocycles. The second-order valence-corrected chi connectivity index (χ2v) is 7.56. The fourth-order valence-corrected chi connectivity index (χ4v) is 2.85. The molecule has 142 valence electrons. The van der Waals surface area contributed by atoms with Gasteiger partial charge in [0.25, 0.3) is 11.3 Å². The van der Waals surface area contributed by atoms with Crippen molar-refractivity contribution in [2.45, 2.75) is 32.7 Å². The van der Waals surface area contributed by atoms with Gasteiger partial charge in [0.15, 0.2) is 5.82 Å². The number of fused-ring (bicyclic) bond motifs is 1. The highest BCUT2D eigenvalue weighted by Crippen LogP contribution is 2.24. The van der Waals surface area contributed by atoms with Crippen LogP contribution in [0.15, 0.2) is 53.7 Å². The van der Waals surface area contributed by atoms with E-state index in [4.69, 9.17) is 0 Å². The summed E-state index contributed by atoms with van der Waals surface area (Å²) in [5, 5.41) is 6.12. The Labute approximate surface area is 161 Å². The predicted molar refractivity (Wildman–Crippen MR) is 107 cm³/mol. The van der Waals surface area contributed by atoms with E-state index in [1.807, 2.05) is 12.1 Å². The van der Waals surface area contributed by atoms with Gasteiger partial charge in [0, 0.05) is 24.0 Å². The third-order valence-corrected chi connectivity index (χ3v) is 4.42. The zero-order chi connectivity index (χ0) is 19.7. The normalized spacial score (nSPS) is 11.7. The molecular weight excluding hydrogens is 354 g/mol. The zero-order valence-electron chi connectivity index (χ0n) is 16.0. The maximum Gasteiger partial charge on any atom is 0.274 e. The number of hydrogen-bond acceptors (Lipinski definition) is 6. The number of benzene rings is 1. The summed E-state index contributed by atoms with van der Waals surface area (Å²) < 4.78 is 1.35. The Morgan fingerprint density at radius 3 is 2.57 bits per heavy atom. The Morgan fingerprint density at radius 1 is 1.11 bits per heavy atom. The van der Waals surface area contributed by atoms with Gasteiger partial charge in [-0.1, -0.05) is 45.0 Å². The van der Waals surface area contributed by atoms with Gasteiger partial charge < -0.3 is 5.32 Å². The molecular formula is C20H21N7O. The highest BCUT2D eigenvalue weighted by atomic mass is 16.1. The van der Waals surface area contributed by atoms with Crippen LogP contribution in [0.5, 0.6) is 0 Å². The standard InChI is InChI=1S/C20H21N7O/c1-20(2,3)14-6-4-13(5-7-14)18-25-19-24-15(10-17(28)27(19)26-18)11-23-16-12-21-8-9-22-16/h4-10,12H,11H2,1-3H3,(H,22,23)(H,24,25,26). The smallest absolute Gasteiger partial charge is 0.274 e. The lowest BCUT2D eigenvalue weighted by molar-refractivity contribution is 0.590. The molecule has 0 spiro atoms. The van der Waals surface area contributed by atoms with Gasteiger partial charge in [0.1, 0.15) is 5.82 Å². The van der Waals surface area contributed by atoms with Crippen LogP contribution in [-0.4, -0.2) is 29.5 Å². The molecule has 0 fully saturated rings. The predicted octanol–water partition coefficient (Wildman–Crippen LogP) is 2.78. The average molecular weight is 375 g/mol. The first-order valence-electron chi connectivity index (χ1n) is 9.00. The van der Waals surface area contributed by atoms with Crippen molar-refractivity contribution in [1.82, 2.24) is 29.5 Å². The Bertz CT molecular complexity index is 1160. The summed E-state index contributed by atoms with van der Waals surface area (Å²) in [6.45, 7) is 6.86. The van der Waals surface area contributed by atoms with E-state index in [0.29, 0.717) is 29.7 Å². The van der Waals surface area contributed by atoms with E-state index in [1.165, 1.54) is 16.1 Å². The van der Waals surface area contributed by atoms with Crippen LogP contribution in [0.2, 0.25) is 0 Å². The summed E-state index contributed by atoms with van der Waals surface area (Å²) in [5.41, 5.74) is 2.58. The molecule has 4 aromatic rings. The molecule has 0 saturated carbocycles. The number of H-pyrrole nitrogens is 1. The van der Waals surface area contributed by atoms with Crippen LogP contribution in [0, 0.1) is 0 Å². The van der Waals surface area contributed by atoms with E-state index in [2.05, 4.69) is 63.3 Å². The van der Waals surface area contributed by atoms with Crippen LogP contribution < -0.4 is 10.9 Å². The van der Waals surface area contributed by atoms with Gasteiger partial charge in [-0.05, 0) is 11.0 Å². The number of nitrogens with zero attached hydrogens (tertiary/aromatic N) is 5. The van der Waals surface area contributed by atoms with Crippen LogP contribution in [-0.2, 0) is 12.0 Å². The number of rotatable bonds is 4. The van der Waals surface area contributed by atoms with Crippen LogP contribution >= 0.6 is 0 Å². The van der Waals surface area contributed by atoms with E-state index in [1.54, 1.807) is 18.6 Å². The fourth-order valence-electron chi connectivity index (χ4n) is 2.85. The van der Waals surface area contributed by atoms with Crippen molar-refractivity contribution in [2.24, 2.45) is 0 Å². The van der Waals surface area contributed by atoms with Crippen molar-refractivity contribution in [3.63, 3.8) is 0 Å². The van der Waals surface area contributed by atoms with E-state index in [-0.39, 0.29) is 11.0 Å². The SMILES string of the molecule is CC(C)(C)c1ccc(-c2nc3nc(CNc4cnccn4)cc(=O)n3[nH]2)cc1. The summed E-state index contributed by atoms with van der Waals surface area (Å²) in [4.78, 5) is 29.5. The topological polar surface area (TPSA) is 101 Å². The van der Waals surface area contributed by atoms with Gasteiger partial charge in [-0.25, -0.2) is 9.97 Å². The van der Waals surface area contributed by atoms with E-state index < -0.39 is 0 Å². The van der Waals surface area contributed by atoms with Gasteiger partial charge in [0.05, 0.1) is 18.4 Å². The minimum atomic E-state index is -0.217. The van der Waals surface area contributed by atoms with Crippen molar-refractivity contribution in [1.29, 1.82) is 0 Å². The molecule has 3 aromatic heterocycles. The van der Waals surface area contributed by atoms with Crippen molar-refractivity contribution in [2.75, 3.05) is 5.32 Å². The molecule has 0 saturated heterocycles. The Morgan fingerprint density at radius 2 is 1.89 bits per heavy atom. The number of anilines is 1. The highest BCUT2D eigenvalue weighted by molar-refractivity contribution is 5.57. The van der Waals surface area contributed by atoms with E-state index >= 15 is 0 Å². The van der Waals surface area contributed by atoms with Gasteiger partial charge in [-0.3, -0.25) is 14.9 Å². The summed E-state index contributed by atoms with van der Waals surface area (Å²) in [7, 11) is 0. The summed E-state index contributed by atoms with van der Waals surface area (Å²) in [5.74, 6) is 1.55. The van der Waals surface area contributed by atoms with E-state index in [9.17, 15) is 4.79 Å². The van der Waals surface area contributed by atoms with Crippen LogP contribution in [0.4, 0.5) is 5.82 Å². The molecule has 0 aliphatic heterocycles. The van der Waals surface area contributed by atoms with Crippen LogP contribution in [0.25, 0.3) is 17.2 Å². The largest absolute Gasteiger partial charge is 0.363 e. The van der Waals surface area contributed by atoms with Crippen molar-refractivity contribution < 1.29 is 0 Å². The van der Waals surface area contributed by atoms with Gasteiger partial charge in [-0.2, -0.15) is 9.50 Å². The molecule has 0 amide bonds. The van der Waals surface area contributed by atoms with Crippen LogP contribution in [0.3, 0.4) is 0 Å². The molecule has 0 aliphatic rings. The fraction of sp³-hybridized carbons (Fsp3) is 0.250. The van der Waals surface area contributed by atoms with Gasteiger partial charge >= 0.3 is 0 Å². The number of aromatic nitrogens is 6. The minimum Gasteiger partial charge on any atom is -0.363 e. The third kappa shape index (κ3) is 3.62. The molecule has 8 heteroatoms. The number of aromatic amines is 1. The van der Waals surface area contributed by atoms with E-state index in [0.717, 1.165) is 5.56 Å². The lowest BCUT2D eigenvalue weighted by Gasteiger charge is -2.18. The lowest BCUT2D eigenvalue weighted by Crippen LogP contribution is -2.17. The lowest BCUT2D eigenvalue weighted by atomic mass is 9.87. The molecule has 0 unspecified atom stereocenters. The van der Waals surface area contributed by atoms with Gasteiger partial charge in [-0.15, -0.1) is 0 Å². The maximum atomic E-state index is 12.4. The second-order valence-electron chi connectivity index (χ2n) is 7.56. The minimum absolute atomic E-state index is 0.0793. The first kappa shape index (κ1) is 17.8. The Hall–Kier alpha value is -3.55. The third-order valence-electron chi connectivity index (χ3n) is 4.42. The highest BCUT2D eigenvalue weighted by Gasteiger charge is 2.14. The summed E-state index contributed by atoms with van der Waals surface area (Å²) in [6.07, 6.45) is 4.80. The summed E-state index contributed by atoms with van der Waals surface area (Å²) >= 11 is 0. The number of hydrogen-bond donors (Lipinski definition) is 2. The average Bonchev–Trinajstić information content (AvgIpc) is 3.11. The quantitative estimate of drug-likeness (QED) is 0.569. The molecule has 0 atom stereocenters. The van der Waals surface area contributed by atoms with Crippen molar-refractivity contribution in [3.8, 4) is 11.4 Å². The second kappa shape index (κ2) is 6.88. The molecule has 0 bridgehead atoms. The molecule has 1 aromatic carbocycles. The molecule has 28 heavy (non-hydrogen) atoms. The molecule has 8 nitrogen and oxygen atoms in total. The molecule has 4 rings (SSSR count). The number of nitrogens with one attached hydrogen (secondary N) is 2. The van der Waals surface area contributed by atoms with Gasteiger partial charge in [0.2, 0.25) is 0 Å². The Balaban J connectivity index is 1.62. The molecule has 0 radical (unpaired) electrons. The van der Waals surface area contributed by atoms with Crippen LogP contribution in [0.1, 0.15) is 32.0 Å². The Kier molecular flexibility index (Phi) is 4.38. The first-order chi connectivity index (χ1) is 13.4. The van der Waals surface area contributed by atoms with Crippen molar-refractivity contribution >= 4 is 11.6 Å². The molecule has 2 N–H and O–H groups in total. The van der Waals surface area contributed by atoms with Crippen molar-refractivity contribution in [3.05, 3.63) is 70.5 Å². The maximum absolute atomic E-state index is 12.4. The zero-order valence-corrected chi connectivity index (χ0v) is 16.0.